The van der Waals surface area contributed by atoms with Crippen molar-refractivity contribution in [2.45, 2.75) is 141 Å². The Bertz CT molecular complexity index is 872. The summed E-state index contributed by atoms with van der Waals surface area (Å²) in [7, 11) is 0. The molecule has 0 spiro atoms. The Balaban J connectivity index is 1.22. The number of carbonyl (C=O) groups excluding carboxylic acids is 1. The summed E-state index contributed by atoms with van der Waals surface area (Å²) in [6.45, 7) is 5.49. The van der Waals surface area contributed by atoms with E-state index in [0.717, 1.165) is 67.4 Å². The molecule has 1 aromatic carbocycles. The topological polar surface area (TPSA) is 46.5 Å². The van der Waals surface area contributed by atoms with Crippen molar-refractivity contribution in [3.8, 4) is 0 Å². The van der Waals surface area contributed by atoms with Crippen molar-refractivity contribution in [3.63, 3.8) is 0 Å². The number of benzene rings is 1. The van der Waals surface area contributed by atoms with Crippen LogP contribution in [0.3, 0.4) is 0 Å². The van der Waals surface area contributed by atoms with E-state index in [0.29, 0.717) is 11.8 Å². The molecule has 0 amide bonds. The Kier molecular flexibility index (Phi) is 10.7. The predicted octanol–water partition coefficient (Wildman–Crippen LogP) is 9.07. The smallest absolute Gasteiger partial charge is 0.314 e. The molecule has 0 radical (unpaired) electrons. The van der Waals surface area contributed by atoms with E-state index in [1.54, 1.807) is 19.9 Å². The van der Waals surface area contributed by atoms with Gasteiger partial charge in [0.15, 0.2) is 0 Å². The second-order valence-corrected chi connectivity index (χ2v) is 13.6. The molecule has 3 aliphatic carbocycles. The minimum absolute atomic E-state index is 0.0169. The highest BCUT2D eigenvalue weighted by Crippen LogP contribution is 2.45. The highest BCUT2D eigenvalue weighted by Gasteiger charge is 2.34. The zero-order chi connectivity index (χ0) is 27.1. The Hall–Kier alpha value is -1.42. The van der Waals surface area contributed by atoms with Gasteiger partial charge in [0.05, 0.1) is 12.0 Å². The number of hydrogen-bond donors (Lipinski definition) is 1. The van der Waals surface area contributed by atoms with Crippen LogP contribution in [0.5, 0.6) is 0 Å². The lowest BCUT2D eigenvalue weighted by molar-refractivity contribution is -0.163. The van der Waals surface area contributed by atoms with E-state index in [-0.39, 0.29) is 24.5 Å². The van der Waals surface area contributed by atoms with E-state index in [1.807, 2.05) is 0 Å². The van der Waals surface area contributed by atoms with Crippen LogP contribution in [0.25, 0.3) is 0 Å². The third kappa shape index (κ3) is 7.61. The van der Waals surface area contributed by atoms with Gasteiger partial charge in [-0.1, -0.05) is 57.6 Å². The maximum Gasteiger partial charge on any atom is 0.314 e. The lowest BCUT2D eigenvalue weighted by Crippen LogP contribution is -2.34. The predicted molar refractivity (Wildman–Crippen MR) is 153 cm³/mol. The maximum absolute atomic E-state index is 15.3. The van der Waals surface area contributed by atoms with Crippen molar-refractivity contribution < 1.29 is 19.0 Å². The summed E-state index contributed by atoms with van der Waals surface area (Å²) in [5.74, 6) is 3.10. The van der Waals surface area contributed by atoms with Crippen LogP contribution in [-0.4, -0.2) is 23.8 Å². The van der Waals surface area contributed by atoms with Gasteiger partial charge in [-0.15, -0.1) is 0 Å². The van der Waals surface area contributed by atoms with E-state index >= 15 is 4.39 Å². The molecule has 38 heavy (non-hydrogen) atoms. The zero-order valence-electron chi connectivity index (χ0n) is 24.4. The monoisotopic (exact) mass is 528 g/mol. The molecule has 1 aromatic rings. The van der Waals surface area contributed by atoms with Crippen LogP contribution in [0.15, 0.2) is 18.2 Å². The molecule has 3 aliphatic rings. The molecule has 4 rings (SSSR count). The van der Waals surface area contributed by atoms with Crippen molar-refractivity contribution in [1.29, 1.82) is 0 Å². The van der Waals surface area contributed by atoms with E-state index in [9.17, 15) is 9.90 Å². The fourth-order valence-corrected chi connectivity index (χ4v) is 7.55. The zero-order valence-corrected chi connectivity index (χ0v) is 24.4. The molecule has 0 saturated heterocycles. The molecule has 3 saturated carbocycles. The minimum Gasteiger partial charge on any atom is -0.462 e. The van der Waals surface area contributed by atoms with Crippen LogP contribution in [0.1, 0.15) is 146 Å². The molecule has 0 aliphatic heterocycles. The number of esters is 1. The first-order valence-electron chi connectivity index (χ1n) is 15.9. The number of unbranched alkanes of at least 4 members (excludes halogenated alkanes) is 2. The van der Waals surface area contributed by atoms with Gasteiger partial charge in [-0.3, -0.25) is 4.79 Å². The summed E-state index contributed by atoms with van der Waals surface area (Å²) in [6.07, 6.45) is 19.4. The SMILES string of the molecule is CCCCCC1CCC(C2CCC(c3ccc(C4CCC(OC(=O)C(C)(C)CO)CC4)cc3F)CC2)CC1. The van der Waals surface area contributed by atoms with Gasteiger partial charge in [-0.2, -0.15) is 0 Å². The van der Waals surface area contributed by atoms with Crippen molar-refractivity contribution >= 4 is 5.97 Å². The summed E-state index contributed by atoms with van der Waals surface area (Å²) in [5, 5.41) is 9.40. The van der Waals surface area contributed by atoms with Crippen LogP contribution in [-0.2, 0) is 9.53 Å². The van der Waals surface area contributed by atoms with Gasteiger partial charge in [0.1, 0.15) is 11.9 Å². The summed E-state index contributed by atoms with van der Waals surface area (Å²) >= 11 is 0. The molecule has 0 unspecified atom stereocenters. The lowest BCUT2D eigenvalue weighted by atomic mass is 9.68. The molecule has 0 heterocycles. The van der Waals surface area contributed by atoms with Gasteiger partial charge in [0.2, 0.25) is 0 Å². The van der Waals surface area contributed by atoms with Gasteiger partial charge < -0.3 is 9.84 Å². The highest BCUT2D eigenvalue weighted by molar-refractivity contribution is 5.76. The molecule has 1 N–H and O–H groups in total. The summed E-state index contributed by atoms with van der Waals surface area (Å²) in [5.41, 5.74) is 1.17. The third-order valence-corrected chi connectivity index (χ3v) is 10.4. The van der Waals surface area contributed by atoms with Gasteiger partial charge >= 0.3 is 5.97 Å². The van der Waals surface area contributed by atoms with E-state index in [4.69, 9.17) is 4.74 Å². The summed E-state index contributed by atoms with van der Waals surface area (Å²) in [4.78, 5) is 12.3. The molecular formula is C34H53FO3. The van der Waals surface area contributed by atoms with Gasteiger partial charge in [0.25, 0.3) is 0 Å². The largest absolute Gasteiger partial charge is 0.462 e. The van der Waals surface area contributed by atoms with E-state index < -0.39 is 5.41 Å². The van der Waals surface area contributed by atoms with Crippen LogP contribution in [0, 0.1) is 29.0 Å². The van der Waals surface area contributed by atoms with E-state index in [2.05, 4.69) is 19.1 Å². The quantitative estimate of drug-likeness (QED) is 0.243. The molecule has 214 valence electrons. The number of aliphatic hydroxyl groups is 1. The van der Waals surface area contributed by atoms with Crippen LogP contribution in [0.2, 0.25) is 0 Å². The summed E-state index contributed by atoms with van der Waals surface area (Å²) < 4.78 is 21.0. The number of hydrogen-bond acceptors (Lipinski definition) is 3. The average molecular weight is 529 g/mol. The maximum atomic E-state index is 15.3. The summed E-state index contributed by atoms with van der Waals surface area (Å²) in [6, 6.07) is 6.04. The molecule has 4 heteroatoms. The molecule has 0 bridgehead atoms. The highest BCUT2D eigenvalue weighted by atomic mass is 19.1. The third-order valence-electron chi connectivity index (χ3n) is 10.4. The number of rotatable bonds is 10. The first-order chi connectivity index (χ1) is 18.3. The van der Waals surface area contributed by atoms with Crippen molar-refractivity contribution in [2.75, 3.05) is 6.61 Å². The van der Waals surface area contributed by atoms with Gasteiger partial charge in [0, 0.05) is 0 Å². The number of carbonyl (C=O) groups is 1. The molecule has 0 aromatic heterocycles. The lowest BCUT2D eigenvalue weighted by Gasteiger charge is -2.38. The first kappa shape index (κ1) is 29.6. The normalized spacial score (nSPS) is 30.7. The minimum atomic E-state index is -0.859. The fourth-order valence-electron chi connectivity index (χ4n) is 7.55. The second-order valence-electron chi connectivity index (χ2n) is 13.6. The first-order valence-corrected chi connectivity index (χ1v) is 15.9. The number of halogens is 1. The van der Waals surface area contributed by atoms with Crippen molar-refractivity contribution in [1.82, 2.24) is 0 Å². The van der Waals surface area contributed by atoms with E-state index in [1.165, 1.54) is 64.2 Å². The molecule has 0 atom stereocenters. The standard InChI is InChI=1S/C34H53FO3/c1-4-5-6-7-24-8-10-25(11-9-24)26-12-14-28(15-13-26)31-21-18-29(22-32(31)35)27-16-19-30(20-17-27)38-33(37)34(2,3)23-36/h18,21-22,24-28,30,36H,4-17,19-20,23H2,1-3H3. The Morgan fingerprint density at radius 3 is 2.08 bits per heavy atom. The fraction of sp³-hybridized carbons (Fsp3) is 0.794. The molecule has 3 nitrogen and oxygen atoms in total. The number of ether oxygens (including phenoxy) is 1. The van der Waals surface area contributed by atoms with Crippen LogP contribution >= 0.6 is 0 Å². The van der Waals surface area contributed by atoms with Crippen molar-refractivity contribution in [3.05, 3.63) is 35.1 Å². The molecular weight excluding hydrogens is 475 g/mol. The molecule has 3 fully saturated rings. The average Bonchev–Trinajstić information content (AvgIpc) is 2.94. The number of aliphatic hydroxyl groups excluding tert-OH is 1. The van der Waals surface area contributed by atoms with Gasteiger partial charge in [-0.25, -0.2) is 4.39 Å². The Labute approximate surface area is 231 Å². The Morgan fingerprint density at radius 2 is 1.50 bits per heavy atom. The Morgan fingerprint density at radius 1 is 0.895 bits per heavy atom. The second kappa shape index (κ2) is 13.8. The van der Waals surface area contributed by atoms with Gasteiger partial charge in [-0.05, 0) is 125 Å². The van der Waals surface area contributed by atoms with Crippen LogP contribution in [0.4, 0.5) is 4.39 Å². The van der Waals surface area contributed by atoms with Crippen LogP contribution < -0.4 is 0 Å². The van der Waals surface area contributed by atoms with Crippen molar-refractivity contribution in [2.24, 2.45) is 23.2 Å².